The van der Waals surface area contributed by atoms with Crippen LogP contribution < -0.4 is 4.74 Å². The Morgan fingerprint density at radius 3 is 2.17 bits per heavy atom. The van der Waals surface area contributed by atoms with Crippen molar-refractivity contribution in [3.8, 4) is 11.5 Å². The summed E-state index contributed by atoms with van der Waals surface area (Å²) in [6.45, 7) is 0. The van der Waals surface area contributed by atoms with Crippen LogP contribution in [0.1, 0.15) is 20.7 Å². The average Bonchev–Trinajstić information content (AvgIpc) is 2.60. The second-order valence-corrected chi connectivity index (χ2v) is 4.49. The van der Waals surface area contributed by atoms with Gasteiger partial charge in [0.25, 0.3) is 0 Å². The summed E-state index contributed by atoms with van der Waals surface area (Å²) in [4.78, 5) is 34.3. The minimum Gasteiger partial charge on any atom is -0.465 e. The van der Waals surface area contributed by atoms with Gasteiger partial charge in [-0.15, -0.1) is 0 Å². The summed E-state index contributed by atoms with van der Waals surface area (Å²) in [5.74, 6) is -1.72. The van der Waals surface area contributed by atoms with Crippen molar-refractivity contribution in [1.82, 2.24) is 0 Å². The number of carbonyl (C=O) groups excluding carboxylic acids is 2. The van der Waals surface area contributed by atoms with Gasteiger partial charge in [-0.05, 0) is 18.2 Å². The van der Waals surface area contributed by atoms with E-state index in [9.17, 15) is 19.7 Å². The molecule has 0 aliphatic heterocycles. The van der Waals surface area contributed by atoms with Crippen LogP contribution in [0.2, 0.25) is 0 Å². The summed E-state index contributed by atoms with van der Waals surface area (Å²) in [5.41, 5.74) is -0.526. The molecule has 124 valence electrons. The first-order valence-electron chi connectivity index (χ1n) is 6.70. The van der Waals surface area contributed by atoms with Crippen molar-refractivity contribution in [2.75, 3.05) is 14.2 Å². The molecule has 0 amide bonds. The summed E-state index contributed by atoms with van der Waals surface area (Å²) in [6.07, 6.45) is 0. The Morgan fingerprint density at radius 2 is 1.54 bits per heavy atom. The summed E-state index contributed by atoms with van der Waals surface area (Å²) >= 11 is 0. The lowest BCUT2D eigenvalue weighted by Crippen LogP contribution is -2.13. The Labute approximate surface area is 136 Å². The van der Waals surface area contributed by atoms with Crippen molar-refractivity contribution in [2.24, 2.45) is 0 Å². The molecule has 0 atom stereocenters. The molecule has 0 fully saturated rings. The summed E-state index contributed by atoms with van der Waals surface area (Å²) in [5, 5.41) is 11.1. The zero-order chi connectivity index (χ0) is 17.7. The maximum absolute atomic E-state index is 12.0. The smallest absolute Gasteiger partial charge is 0.342 e. The van der Waals surface area contributed by atoms with Gasteiger partial charge in [0.15, 0.2) is 0 Å². The normalized spacial score (nSPS) is 9.92. The third-order valence-corrected chi connectivity index (χ3v) is 3.10. The van der Waals surface area contributed by atoms with Gasteiger partial charge in [-0.25, -0.2) is 9.59 Å². The Balaban J connectivity index is 2.57. The molecule has 0 aromatic heterocycles. The van der Waals surface area contributed by atoms with Crippen molar-refractivity contribution in [2.45, 2.75) is 0 Å². The second kappa shape index (κ2) is 7.23. The van der Waals surface area contributed by atoms with Crippen LogP contribution in [0.25, 0.3) is 0 Å². The van der Waals surface area contributed by atoms with E-state index in [2.05, 4.69) is 9.47 Å². The molecular formula is C16H13NO7. The molecule has 0 N–H and O–H groups in total. The minimum absolute atomic E-state index is 0.0564. The van der Waals surface area contributed by atoms with Crippen molar-refractivity contribution >= 4 is 17.6 Å². The van der Waals surface area contributed by atoms with E-state index in [1.165, 1.54) is 43.5 Å². The Bertz CT molecular complexity index is 801. The lowest BCUT2D eigenvalue weighted by atomic mass is 10.1. The van der Waals surface area contributed by atoms with Crippen molar-refractivity contribution in [3.05, 3.63) is 63.7 Å². The number of benzene rings is 2. The lowest BCUT2D eigenvalue weighted by molar-refractivity contribution is -0.385. The number of carbonyl (C=O) groups is 2. The van der Waals surface area contributed by atoms with Crippen LogP contribution in [-0.2, 0) is 9.47 Å². The molecule has 2 aromatic rings. The van der Waals surface area contributed by atoms with Gasteiger partial charge in [-0.2, -0.15) is 0 Å². The lowest BCUT2D eigenvalue weighted by Gasteiger charge is -2.12. The molecule has 0 aliphatic carbocycles. The Morgan fingerprint density at radius 1 is 0.917 bits per heavy atom. The standard InChI is InChI=1S/C16H13NO7/c1-22-15(18)10-6-5-9-13(14(10)16(19)23-2)24-12-8-4-3-7-11(12)17(20)21/h3-9H,1-2H3. The van der Waals surface area contributed by atoms with E-state index in [1.807, 2.05) is 0 Å². The average molecular weight is 331 g/mol. The van der Waals surface area contributed by atoms with E-state index >= 15 is 0 Å². The number of esters is 2. The molecule has 0 heterocycles. The zero-order valence-corrected chi connectivity index (χ0v) is 12.8. The maximum atomic E-state index is 12.0. The van der Waals surface area contributed by atoms with Crippen molar-refractivity contribution in [3.63, 3.8) is 0 Å². The number of rotatable bonds is 5. The van der Waals surface area contributed by atoms with Crippen LogP contribution in [0.5, 0.6) is 11.5 Å². The van der Waals surface area contributed by atoms with Gasteiger partial charge >= 0.3 is 17.6 Å². The molecule has 0 saturated carbocycles. The molecule has 0 saturated heterocycles. The van der Waals surface area contributed by atoms with Crippen LogP contribution in [0.15, 0.2) is 42.5 Å². The number of para-hydroxylation sites is 2. The molecule has 2 aromatic carbocycles. The highest BCUT2D eigenvalue weighted by Gasteiger charge is 2.25. The third kappa shape index (κ3) is 3.32. The van der Waals surface area contributed by atoms with Gasteiger partial charge < -0.3 is 14.2 Å². The van der Waals surface area contributed by atoms with Crippen molar-refractivity contribution in [1.29, 1.82) is 0 Å². The van der Waals surface area contributed by atoms with Gasteiger partial charge in [0.05, 0.1) is 24.7 Å². The molecule has 0 radical (unpaired) electrons. The number of nitrogens with zero attached hydrogens (tertiary/aromatic N) is 1. The van der Waals surface area contributed by atoms with E-state index in [0.29, 0.717) is 0 Å². The van der Waals surface area contributed by atoms with Gasteiger partial charge in [0, 0.05) is 6.07 Å². The van der Waals surface area contributed by atoms with Gasteiger partial charge in [-0.3, -0.25) is 10.1 Å². The summed E-state index contributed by atoms with van der Waals surface area (Å²) < 4.78 is 14.8. The van der Waals surface area contributed by atoms with Crippen LogP contribution in [0, 0.1) is 10.1 Å². The number of hydrogen-bond acceptors (Lipinski definition) is 7. The quantitative estimate of drug-likeness (QED) is 0.471. The highest BCUT2D eigenvalue weighted by Crippen LogP contribution is 2.34. The minimum atomic E-state index is -0.829. The highest BCUT2D eigenvalue weighted by atomic mass is 16.6. The molecule has 2 rings (SSSR count). The molecule has 0 unspecified atom stereocenters. The molecule has 8 nitrogen and oxygen atoms in total. The summed E-state index contributed by atoms with van der Waals surface area (Å²) in [7, 11) is 2.31. The summed E-state index contributed by atoms with van der Waals surface area (Å²) in [6, 6.07) is 9.89. The number of ether oxygens (including phenoxy) is 3. The first-order valence-corrected chi connectivity index (χ1v) is 6.70. The van der Waals surface area contributed by atoms with E-state index in [1.54, 1.807) is 6.07 Å². The van der Waals surface area contributed by atoms with E-state index in [0.717, 1.165) is 7.11 Å². The second-order valence-electron chi connectivity index (χ2n) is 4.49. The number of nitro benzene ring substituents is 1. The maximum Gasteiger partial charge on any atom is 0.342 e. The third-order valence-electron chi connectivity index (χ3n) is 3.10. The predicted octanol–water partition coefficient (Wildman–Crippen LogP) is 2.96. The molecule has 24 heavy (non-hydrogen) atoms. The van der Waals surface area contributed by atoms with Crippen LogP contribution in [0.3, 0.4) is 0 Å². The molecule has 8 heteroatoms. The molecule has 0 aliphatic rings. The zero-order valence-electron chi connectivity index (χ0n) is 12.8. The van der Waals surface area contributed by atoms with Gasteiger partial charge in [-0.1, -0.05) is 18.2 Å². The van der Waals surface area contributed by atoms with E-state index < -0.39 is 16.9 Å². The van der Waals surface area contributed by atoms with Crippen LogP contribution in [-0.4, -0.2) is 31.1 Å². The first kappa shape index (κ1) is 16.9. The van der Waals surface area contributed by atoms with E-state index in [4.69, 9.17) is 4.74 Å². The van der Waals surface area contributed by atoms with Crippen LogP contribution >= 0.6 is 0 Å². The van der Waals surface area contributed by atoms with E-state index in [-0.39, 0.29) is 28.3 Å². The fraction of sp³-hybridized carbons (Fsp3) is 0.125. The van der Waals surface area contributed by atoms with Gasteiger partial charge in [0.2, 0.25) is 5.75 Å². The first-order chi connectivity index (χ1) is 11.5. The molecule has 0 spiro atoms. The molecule has 0 bridgehead atoms. The number of hydrogen-bond donors (Lipinski definition) is 0. The SMILES string of the molecule is COC(=O)c1cccc(Oc2ccccc2[N+](=O)[O-])c1C(=O)OC. The number of methoxy groups -OCH3 is 2. The predicted molar refractivity (Wildman–Crippen MR) is 82.3 cm³/mol. The van der Waals surface area contributed by atoms with Gasteiger partial charge in [0.1, 0.15) is 11.3 Å². The van der Waals surface area contributed by atoms with Crippen LogP contribution in [0.4, 0.5) is 5.69 Å². The Hall–Kier alpha value is -3.42. The highest BCUT2D eigenvalue weighted by molar-refractivity contribution is 6.05. The largest absolute Gasteiger partial charge is 0.465 e. The fourth-order valence-electron chi connectivity index (χ4n) is 2.02. The molecular weight excluding hydrogens is 318 g/mol. The fourth-order valence-corrected chi connectivity index (χ4v) is 2.02. The van der Waals surface area contributed by atoms with Crippen molar-refractivity contribution < 1.29 is 28.7 Å². The Kier molecular flexibility index (Phi) is 5.10. The topological polar surface area (TPSA) is 105 Å². The number of nitro groups is 1. The monoisotopic (exact) mass is 331 g/mol.